The van der Waals surface area contributed by atoms with Crippen LogP contribution in [0.1, 0.15) is 29.1 Å². The number of carbonyl (C=O) groups is 1. The molecule has 8 heteroatoms. The topological polar surface area (TPSA) is 54.3 Å². The summed E-state index contributed by atoms with van der Waals surface area (Å²) in [5.74, 6) is -0.157. The van der Waals surface area contributed by atoms with Crippen molar-refractivity contribution in [1.82, 2.24) is 19.7 Å². The van der Waals surface area contributed by atoms with Gasteiger partial charge in [0, 0.05) is 42.8 Å². The lowest BCUT2D eigenvalue weighted by Gasteiger charge is -2.22. The van der Waals surface area contributed by atoms with Crippen LogP contribution in [-0.2, 0) is 11.2 Å². The first-order valence-corrected chi connectivity index (χ1v) is 11.1. The Balaban J connectivity index is 1.45. The van der Waals surface area contributed by atoms with E-state index in [0.717, 1.165) is 59.5 Å². The van der Waals surface area contributed by atoms with Gasteiger partial charge in [-0.3, -0.25) is 4.79 Å². The Labute approximate surface area is 180 Å². The predicted octanol–water partition coefficient (Wildman–Crippen LogP) is 3.67. The van der Waals surface area contributed by atoms with E-state index < -0.39 is 0 Å². The number of rotatable bonds is 4. The van der Waals surface area contributed by atoms with Gasteiger partial charge in [0.05, 0.1) is 23.5 Å². The molecule has 0 aliphatic carbocycles. The largest absolute Gasteiger partial charge is 0.346 e. The quantitative estimate of drug-likeness (QED) is 0.638. The predicted molar refractivity (Wildman–Crippen MR) is 117 cm³/mol. The SMILES string of the molecule is Cc1csc(N2CCCN(C(=O)Cc3c(C)nn(-c4ccc(F)cc4)c3C)CC2)n1. The van der Waals surface area contributed by atoms with Crippen LogP contribution in [0.4, 0.5) is 9.52 Å². The van der Waals surface area contributed by atoms with E-state index in [1.54, 1.807) is 28.2 Å². The number of hydrogen-bond donors (Lipinski definition) is 0. The highest BCUT2D eigenvalue weighted by Crippen LogP contribution is 2.23. The van der Waals surface area contributed by atoms with Gasteiger partial charge in [-0.05, 0) is 51.5 Å². The number of thiazole rings is 1. The van der Waals surface area contributed by atoms with Crippen LogP contribution in [0.25, 0.3) is 5.69 Å². The van der Waals surface area contributed by atoms with Crippen LogP contribution in [0.15, 0.2) is 29.6 Å². The summed E-state index contributed by atoms with van der Waals surface area (Å²) in [5, 5.41) is 7.69. The van der Waals surface area contributed by atoms with Gasteiger partial charge in [0.25, 0.3) is 0 Å². The molecule has 4 rings (SSSR count). The first-order chi connectivity index (χ1) is 14.4. The van der Waals surface area contributed by atoms with Crippen molar-refractivity contribution in [2.75, 3.05) is 31.1 Å². The zero-order chi connectivity index (χ0) is 21.3. The van der Waals surface area contributed by atoms with Crippen LogP contribution >= 0.6 is 11.3 Å². The van der Waals surface area contributed by atoms with Gasteiger partial charge >= 0.3 is 0 Å². The van der Waals surface area contributed by atoms with E-state index in [0.29, 0.717) is 13.0 Å². The Morgan fingerprint density at radius 3 is 2.57 bits per heavy atom. The third kappa shape index (κ3) is 4.23. The Kier molecular flexibility index (Phi) is 5.85. The Morgan fingerprint density at radius 1 is 1.10 bits per heavy atom. The number of anilines is 1. The highest BCUT2D eigenvalue weighted by Gasteiger charge is 2.23. The maximum atomic E-state index is 13.2. The number of benzene rings is 1. The molecule has 1 saturated heterocycles. The van der Waals surface area contributed by atoms with E-state index in [1.807, 2.05) is 25.7 Å². The minimum Gasteiger partial charge on any atom is -0.346 e. The number of nitrogens with zero attached hydrogens (tertiary/aromatic N) is 5. The summed E-state index contributed by atoms with van der Waals surface area (Å²) in [5.41, 5.74) is 4.53. The fourth-order valence-corrected chi connectivity index (χ4v) is 4.73. The van der Waals surface area contributed by atoms with E-state index in [9.17, 15) is 9.18 Å². The third-order valence-corrected chi connectivity index (χ3v) is 6.59. The molecule has 3 aromatic rings. The monoisotopic (exact) mass is 427 g/mol. The van der Waals surface area contributed by atoms with Gasteiger partial charge in [0.1, 0.15) is 5.82 Å². The lowest BCUT2D eigenvalue weighted by molar-refractivity contribution is -0.130. The van der Waals surface area contributed by atoms with Gasteiger partial charge in [-0.2, -0.15) is 5.10 Å². The molecular formula is C22H26FN5OS. The number of carbonyl (C=O) groups excluding carboxylic acids is 1. The molecular weight excluding hydrogens is 401 g/mol. The highest BCUT2D eigenvalue weighted by molar-refractivity contribution is 7.13. The number of hydrogen-bond acceptors (Lipinski definition) is 5. The highest BCUT2D eigenvalue weighted by atomic mass is 32.1. The van der Waals surface area contributed by atoms with Crippen molar-refractivity contribution in [1.29, 1.82) is 0 Å². The second kappa shape index (κ2) is 8.55. The maximum Gasteiger partial charge on any atom is 0.227 e. The van der Waals surface area contributed by atoms with E-state index in [-0.39, 0.29) is 11.7 Å². The average molecular weight is 428 g/mol. The van der Waals surface area contributed by atoms with Crippen LogP contribution in [-0.4, -0.2) is 51.8 Å². The van der Waals surface area contributed by atoms with Gasteiger partial charge in [0.15, 0.2) is 5.13 Å². The van der Waals surface area contributed by atoms with Crippen LogP contribution < -0.4 is 4.90 Å². The fourth-order valence-electron chi connectivity index (χ4n) is 3.87. The molecule has 30 heavy (non-hydrogen) atoms. The van der Waals surface area contributed by atoms with Crippen molar-refractivity contribution in [3.05, 3.63) is 58.1 Å². The van der Waals surface area contributed by atoms with E-state index in [2.05, 4.69) is 20.4 Å². The normalized spacial score (nSPS) is 14.8. The minimum absolute atomic E-state index is 0.122. The maximum absolute atomic E-state index is 13.2. The molecule has 0 saturated carbocycles. The molecule has 6 nitrogen and oxygen atoms in total. The number of amides is 1. The van der Waals surface area contributed by atoms with Crippen molar-refractivity contribution < 1.29 is 9.18 Å². The molecule has 2 aromatic heterocycles. The summed E-state index contributed by atoms with van der Waals surface area (Å²) < 4.78 is 15.0. The van der Waals surface area contributed by atoms with Crippen LogP contribution in [0.3, 0.4) is 0 Å². The second-order valence-corrected chi connectivity index (χ2v) is 8.54. The van der Waals surface area contributed by atoms with Crippen LogP contribution in [0.5, 0.6) is 0 Å². The Morgan fingerprint density at radius 2 is 1.87 bits per heavy atom. The molecule has 1 amide bonds. The Bertz CT molecular complexity index is 1040. The van der Waals surface area contributed by atoms with Gasteiger partial charge in [-0.15, -0.1) is 11.3 Å². The summed E-state index contributed by atoms with van der Waals surface area (Å²) >= 11 is 1.66. The van der Waals surface area contributed by atoms with Crippen LogP contribution in [0, 0.1) is 26.6 Å². The number of aryl methyl sites for hydroxylation is 2. The third-order valence-electron chi connectivity index (χ3n) is 5.57. The van der Waals surface area contributed by atoms with Crippen LogP contribution in [0.2, 0.25) is 0 Å². The van der Waals surface area contributed by atoms with E-state index >= 15 is 0 Å². The smallest absolute Gasteiger partial charge is 0.227 e. The van der Waals surface area contributed by atoms with Crippen molar-refractivity contribution in [2.45, 2.75) is 33.6 Å². The molecule has 1 aromatic carbocycles. The zero-order valence-corrected chi connectivity index (χ0v) is 18.4. The number of halogens is 1. The second-order valence-electron chi connectivity index (χ2n) is 7.71. The first-order valence-electron chi connectivity index (χ1n) is 10.2. The lowest BCUT2D eigenvalue weighted by atomic mass is 10.1. The molecule has 0 atom stereocenters. The molecule has 158 valence electrons. The zero-order valence-electron chi connectivity index (χ0n) is 17.6. The van der Waals surface area contributed by atoms with Crippen molar-refractivity contribution in [2.24, 2.45) is 0 Å². The molecule has 0 spiro atoms. The van der Waals surface area contributed by atoms with Crippen molar-refractivity contribution in [3.8, 4) is 5.69 Å². The summed E-state index contributed by atoms with van der Waals surface area (Å²) in [6.07, 6.45) is 1.26. The first kappa shape index (κ1) is 20.5. The molecule has 3 heterocycles. The molecule has 0 N–H and O–H groups in total. The molecule has 1 aliphatic rings. The van der Waals surface area contributed by atoms with E-state index in [1.165, 1.54) is 12.1 Å². The molecule has 0 radical (unpaired) electrons. The van der Waals surface area contributed by atoms with E-state index in [4.69, 9.17) is 0 Å². The Hall–Kier alpha value is -2.74. The van der Waals surface area contributed by atoms with Gasteiger partial charge < -0.3 is 9.80 Å². The standard InChI is InChI=1S/C22H26FN5OS/c1-15-14-30-22(24-15)27-10-4-9-26(11-12-27)21(29)13-20-16(2)25-28(17(20)3)19-7-5-18(23)6-8-19/h5-8,14H,4,9-13H2,1-3H3. The molecule has 0 unspecified atom stereocenters. The summed E-state index contributed by atoms with van der Waals surface area (Å²) in [7, 11) is 0. The molecule has 1 fully saturated rings. The lowest BCUT2D eigenvalue weighted by Crippen LogP contribution is -2.36. The number of aromatic nitrogens is 3. The summed E-state index contributed by atoms with van der Waals surface area (Å²) in [6.45, 7) is 9.05. The average Bonchev–Trinajstić information content (AvgIpc) is 3.16. The summed E-state index contributed by atoms with van der Waals surface area (Å²) in [6, 6.07) is 6.24. The van der Waals surface area contributed by atoms with Crippen molar-refractivity contribution in [3.63, 3.8) is 0 Å². The minimum atomic E-state index is -0.279. The molecule has 1 aliphatic heterocycles. The van der Waals surface area contributed by atoms with Gasteiger partial charge in [0.2, 0.25) is 5.91 Å². The summed E-state index contributed by atoms with van der Waals surface area (Å²) in [4.78, 5) is 21.9. The van der Waals surface area contributed by atoms with Gasteiger partial charge in [-0.1, -0.05) is 0 Å². The van der Waals surface area contributed by atoms with Gasteiger partial charge in [-0.25, -0.2) is 14.1 Å². The fraction of sp³-hybridized carbons (Fsp3) is 0.409. The molecule has 0 bridgehead atoms. The van der Waals surface area contributed by atoms with Crippen molar-refractivity contribution >= 4 is 22.4 Å².